The molecule has 0 aliphatic heterocycles. The van der Waals surface area contributed by atoms with Crippen LogP contribution in [0.25, 0.3) is 0 Å². The highest BCUT2D eigenvalue weighted by atomic mass is 16.5. The number of hydrogen-bond acceptors (Lipinski definition) is 2. The summed E-state index contributed by atoms with van der Waals surface area (Å²) in [5.41, 5.74) is 0. The fourth-order valence-corrected chi connectivity index (χ4v) is 1.04. The quantitative estimate of drug-likeness (QED) is 0.663. The molecule has 0 amide bonds. The van der Waals surface area contributed by atoms with Gasteiger partial charge in [-0.1, -0.05) is 13.8 Å². The second kappa shape index (κ2) is 5.56. The average Bonchev–Trinajstić information content (AvgIpc) is 1.98. The average molecular weight is 160 g/mol. The van der Waals surface area contributed by atoms with Crippen molar-refractivity contribution in [1.82, 2.24) is 0 Å². The number of aliphatic hydroxyl groups excluding tert-OH is 1. The number of ether oxygens (including phenoxy) is 1. The van der Waals surface area contributed by atoms with Crippen LogP contribution in [0.3, 0.4) is 0 Å². The highest BCUT2D eigenvalue weighted by Gasteiger charge is 2.16. The Morgan fingerprint density at radius 3 is 2.18 bits per heavy atom. The lowest BCUT2D eigenvalue weighted by Gasteiger charge is -2.21. The first-order valence-corrected chi connectivity index (χ1v) is 4.26. The van der Waals surface area contributed by atoms with Crippen LogP contribution in [-0.2, 0) is 4.74 Å². The Hall–Kier alpha value is -0.0800. The standard InChI is InChI=1S/C9H20O2/c1-7(5-6-11-4)8(2)9(3)10/h7-10H,5-6H2,1-4H3. The molecular weight excluding hydrogens is 140 g/mol. The summed E-state index contributed by atoms with van der Waals surface area (Å²) in [5.74, 6) is 0.903. The van der Waals surface area contributed by atoms with Crippen molar-refractivity contribution in [3.8, 4) is 0 Å². The van der Waals surface area contributed by atoms with Gasteiger partial charge >= 0.3 is 0 Å². The maximum Gasteiger partial charge on any atom is 0.0540 e. The zero-order valence-corrected chi connectivity index (χ0v) is 8.00. The van der Waals surface area contributed by atoms with E-state index in [4.69, 9.17) is 4.74 Å². The van der Waals surface area contributed by atoms with Crippen LogP contribution in [-0.4, -0.2) is 24.9 Å². The number of aliphatic hydroxyl groups is 1. The molecule has 0 fully saturated rings. The van der Waals surface area contributed by atoms with Gasteiger partial charge in [-0.3, -0.25) is 0 Å². The van der Waals surface area contributed by atoms with E-state index < -0.39 is 0 Å². The van der Waals surface area contributed by atoms with Crippen LogP contribution >= 0.6 is 0 Å². The van der Waals surface area contributed by atoms with Crippen LogP contribution in [0.1, 0.15) is 27.2 Å². The van der Waals surface area contributed by atoms with Crippen LogP contribution in [0.2, 0.25) is 0 Å². The maximum absolute atomic E-state index is 9.25. The molecule has 11 heavy (non-hydrogen) atoms. The van der Waals surface area contributed by atoms with E-state index in [1.807, 2.05) is 6.92 Å². The van der Waals surface area contributed by atoms with Crippen LogP contribution in [0.4, 0.5) is 0 Å². The Labute approximate surface area is 69.6 Å². The van der Waals surface area contributed by atoms with Gasteiger partial charge in [0.05, 0.1) is 6.10 Å². The molecule has 0 bridgehead atoms. The third-order valence-corrected chi connectivity index (χ3v) is 2.44. The van der Waals surface area contributed by atoms with E-state index >= 15 is 0 Å². The second-order valence-corrected chi connectivity index (χ2v) is 3.36. The van der Waals surface area contributed by atoms with Gasteiger partial charge in [-0.25, -0.2) is 0 Å². The van der Waals surface area contributed by atoms with E-state index in [0.29, 0.717) is 11.8 Å². The van der Waals surface area contributed by atoms with Gasteiger partial charge in [-0.2, -0.15) is 0 Å². The molecule has 0 aromatic heterocycles. The third kappa shape index (κ3) is 4.38. The van der Waals surface area contributed by atoms with Gasteiger partial charge in [-0.05, 0) is 25.2 Å². The van der Waals surface area contributed by atoms with Gasteiger partial charge in [0, 0.05) is 13.7 Å². The highest BCUT2D eigenvalue weighted by Crippen LogP contribution is 2.18. The van der Waals surface area contributed by atoms with Crippen molar-refractivity contribution < 1.29 is 9.84 Å². The first-order valence-electron chi connectivity index (χ1n) is 4.26. The topological polar surface area (TPSA) is 29.5 Å². The predicted molar refractivity (Wildman–Crippen MR) is 46.5 cm³/mol. The molecule has 0 aromatic carbocycles. The summed E-state index contributed by atoms with van der Waals surface area (Å²) in [6.07, 6.45) is 0.824. The van der Waals surface area contributed by atoms with E-state index in [1.165, 1.54) is 0 Å². The van der Waals surface area contributed by atoms with Crippen molar-refractivity contribution in [3.05, 3.63) is 0 Å². The summed E-state index contributed by atoms with van der Waals surface area (Å²) in [6.45, 7) is 6.85. The van der Waals surface area contributed by atoms with Gasteiger partial charge in [-0.15, -0.1) is 0 Å². The molecule has 0 radical (unpaired) electrons. The molecule has 0 aliphatic carbocycles. The fraction of sp³-hybridized carbons (Fsp3) is 1.00. The number of hydrogen-bond donors (Lipinski definition) is 1. The van der Waals surface area contributed by atoms with Crippen LogP contribution < -0.4 is 0 Å². The Kier molecular flexibility index (Phi) is 5.51. The van der Waals surface area contributed by atoms with Crippen molar-refractivity contribution in [2.75, 3.05) is 13.7 Å². The molecule has 0 aromatic rings. The van der Waals surface area contributed by atoms with E-state index in [1.54, 1.807) is 7.11 Å². The molecule has 0 saturated carbocycles. The van der Waals surface area contributed by atoms with Crippen molar-refractivity contribution in [3.63, 3.8) is 0 Å². The van der Waals surface area contributed by atoms with Crippen molar-refractivity contribution in [2.45, 2.75) is 33.3 Å². The normalized spacial score (nSPS) is 19.4. The Bertz CT molecular complexity index is 91.6. The molecule has 0 rings (SSSR count). The smallest absolute Gasteiger partial charge is 0.0540 e. The number of methoxy groups -OCH3 is 1. The molecular formula is C9H20O2. The van der Waals surface area contributed by atoms with Crippen LogP contribution in [0.15, 0.2) is 0 Å². The summed E-state index contributed by atoms with van der Waals surface area (Å²) in [6, 6.07) is 0. The zero-order valence-electron chi connectivity index (χ0n) is 8.00. The van der Waals surface area contributed by atoms with Gasteiger partial charge < -0.3 is 9.84 Å². The highest BCUT2D eigenvalue weighted by molar-refractivity contribution is 4.66. The molecule has 2 heteroatoms. The molecule has 0 aliphatic rings. The second-order valence-electron chi connectivity index (χ2n) is 3.36. The zero-order chi connectivity index (χ0) is 8.85. The summed E-state index contributed by atoms with van der Waals surface area (Å²) < 4.78 is 4.96. The molecule has 0 spiro atoms. The van der Waals surface area contributed by atoms with Crippen LogP contribution in [0.5, 0.6) is 0 Å². The molecule has 3 unspecified atom stereocenters. The molecule has 0 heterocycles. The minimum Gasteiger partial charge on any atom is -0.393 e. The minimum atomic E-state index is -0.207. The lowest BCUT2D eigenvalue weighted by atomic mass is 9.89. The third-order valence-electron chi connectivity index (χ3n) is 2.44. The summed E-state index contributed by atoms with van der Waals surface area (Å²) in [4.78, 5) is 0. The first-order chi connectivity index (χ1) is 5.09. The minimum absolute atomic E-state index is 0.207. The van der Waals surface area contributed by atoms with Gasteiger partial charge in [0.15, 0.2) is 0 Å². The lowest BCUT2D eigenvalue weighted by Crippen LogP contribution is -2.21. The van der Waals surface area contributed by atoms with Crippen molar-refractivity contribution >= 4 is 0 Å². The predicted octanol–water partition coefficient (Wildman–Crippen LogP) is 1.68. The van der Waals surface area contributed by atoms with Gasteiger partial charge in [0.25, 0.3) is 0 Å². The Balaban J connectivity index is 3.55. The van der Waals surface area contributed by atoms with E-state index in [9.17, 15) is 5.11 Å². The number of rotatable bonds is 5. The molecule has 68 valence electrons. The lowest BCUT2D eigenvalue weighted by molar-refractivity contribution is 0.0865. The van der Waals surface area contributed by atoms with Gasteiger partial charge in [0.2, 0.25) is 0 Å². The molecule has 2 nitrogen and oxygen atoms in total. The summed E-state index contributed by atoms with van der Waals surface area (Å²) in [7, 11) is 1.71. The monoisotopic (exact) mass is 160 g/mol. The molecule has 1 N–H and O–H groups in total. The first kappa shape index (κ1) is 10.9. The van der Waals surface area contributed by atoms with Crippen LogP contribution in [0, 0.1) is 11.8 Å². The largest absolute Gasteiger partial charge is 0.393 e. The molecule has 0 saturated heterocycles. The van der Waals surface area contributed by atoms with Crippen molar-refractivity contribution in [1.29, 1.82) is 0 Å². The SMILES string of the molecule is COCCC(C)C(C)C(C)O. The summed E-state index contributed by atoms with van der Waals surface area (Å²) in [5, 5.41) is 9.25. The maximum atomic E-state index is 9.25. The Morgan fingerprint density at radius 1 is 1.27 bits per heavy atom. The van der Waals surface area contributed by atoms with Gasteiger partial charge in [0.1, 0.15) is 0 Å². The summed E-state index contributed by atoms with van der Waals surface area (Å²) >= 11 is 0. The van der Waals surface area contributed by atoms with E-state index in [-0.39, 0.29) is 6.10 Å². The molecule has 3 atom stereocenters. The Morgan fingerprint density at radius 2 is 1.82 bits per heavy atom. The van der Waals surface area contributed by atoms with Crippen molar-refractivity contribution in [2.24, 2.45) is 11.8 Å². The van der Waals surface area contributed by atoms with E-state index in [2.05, 4.69) is 13.8 Å². The van der Waals surface area contributed by atoms with E-state index in [0.717, 1.165) is 13.0 Å². The fourth-order valence-electron chi connectivity index (χ4n) is 1.04.